The Labute approximate surface area is 370 Å². The lowest BCUT2D eigenvalue weighted by molar-refractivity contribution is -0.137. The first-order chi connectivity index (χ1) is 30.1. The Hall–Kier alpha value is -3.39. The maximum atomic E-state index is 12.7. The molecule has 12 N–H and O–H groups in total. The monoisotopic (exact) mass is 982 g/mol. The number of nitrogen functional groups attached to an aromatic ring is 1. The molecular weight excluding hydrogens is 929 g/mol. The Morgan fingerprint density at radius 3 is 2.50 bits per heavy atom. The Balaban J connectivity index is 0.972. The molecule has 1 aliphatic heterocycles. The highest BCUT2D eigenvalue weighted by atomic mass is 32.2. The summed E-state index contributed by atoms with van der Waals surface area (Å²) >= 11 is 1.58. The second kappa shape index (κ2) is 22.4. The number of benzene rings is 1. The molecule has 0 spiro atoms. The van der Waals surface area contributed by atoms with Gasteiger partial charge in [0.25, 0.3) is 0 Å². The lowest BCUT2D eigenvalue weighted by Crippen LogP contribution is -2.46. The third kappa shape index (κ3) is 14.8. The van der Waals surface area contributed by atoms with E-state index in [1.807, 2.05) is 24.4 Å². The van der Waals surface area contributed by atoms with Gasteiger partial charge in [-0.2, -0.15) is 16.1 Å². The van der Waals surface area contributed by atoms with Crippen LogP contribution in [0.3, 0.4) is 0 Å². The van der Waals surface area contributed by atoms with Crippen LogP contribution in [0.25, 0.3) is 22.1 Å². The number of hydrogen-bond acceptors (Lipinski definition) is 18. The van der Waals surface area contributed by atoms with Gasteiger partial charge in [0.2, 0.25) is 11.8 Å². The number of aliphatic hydroxyl groups is 3. The Kier molecular flexibility index (Phi) is 18.1. The average molecular weight is 983 g/mol. The molecule has 64 heavy (non-hydrogen) atoms. The fraction of sp³-hybridized carbons (Fsp3) is 0.571. The van der Waals surface area contributed by atoms with Crippen molar-refractivity contribution in [3.63, 3.8) is 0 Å². The van der Waals surface area contributed by atoms with Crippen molar-refractivity contribution in [3.8, 4) is 0 Å². The molecule has 356 valence electrons. The van der Waals surface area contributed by atoms with E-state index >= 15 is 0 Å². The normalized spacial score (nSPS) is 21.1. The summed E-state index contributed by atoms with van der Waals surface area (Å²) < 4.78 is 62.4. The molecule has 4 unspecified atom stereocenters. The molecule has 4 aromatic rings. The van der Waals surface area contributed by atoms with Gasteiger partial charge < -0.3 is 61.0 Å². The van der Waals surface area contributed by atoms with Crippen LogP contribution in [0, 0.1) is 5.41 Å². The molecule has 0 saturated carbocycles. The lowest BCUT2D eigenvalue weighted by atomic mass is 9.87. The van der Waals surface area contributed by atoms with Gasteiger partial charge in [-0.15, -0.1) is 0 Å². The SMILES string of the molecule is CC(C)(COP(=O)(O)OP(=O)(O)OC[C@H]1O[C@@H](n2cnc3c(N)ncnc32)[C@H](O)[C@@H]1OP(=O)(O)O)C(O)C(=O)NCCC(=O)NCCSCCC(O)CCCc1c[nH]c2ccccc12. The van der Waals surface area contributed by atoms with E-state index in [-0.39, 0.29) is 35.9 Å². The summed E-state index contributed by atoms with van der Waals surface area (Å²) in [6.07, 6.45) is -2.23. The zero-order chi connectivity index (χ0) is 46.9. The van der Waals surface area contributed by atoms with E-state index in [9.17, 15) is 58.2 Å². The van der Waals surface area contributed by atoms with Crippen LogP contribution >= 0.6 is 35.2 Å². The molecular formula is C35H53N8O17P3S. The summed E-state index contributed by atoms with van der Waals surface area (Å²) in [7, 11) is -16.4. The smallest absolute Gasteiger partial charge is 0.393 e. The number of H-pyrrole nitrogens is 1. The summed E-state index contributed by atoms with van der Waals surface area (Å²) in [5.41, 5.74) is 6.61. The van der Waals surface area contributed by atoms with Crippen molar-refractivity contribution in [1.82, 2.24) is 35.1 Å². The number of para-hydroxylation sites is 1. The number of hydrogen-bond donors (Lipinski definition) is 11. The Morgan fingerprint density at radius 2 is 1.75 bits per heavy atom. The topological polar surface area (TPSA) is 383 Å². The maximum Gasteiger partial charge on any atom is 0.481 e. The molecule has 8 atom stereocenters. The summed E-state index contributed by atoms with van der Waals surface area (Å²) in [6.45, 7) is 0.733. The molecule has 1 fully saturated rings. The second-order valence-electron chi connectivity index (χ2n) is 15.4. The molecule has 3 aromatic heterocycles. The van der Waals surface area contributed by atoms with Crippen molar-refractivity contribution in [2.24, 2.45) is 5.41 Å². The van der Waals surface area contributed by atoms with Crippen molar-refractivity contribution in [2.75, 3.05) is 43.5 Å². The molecule has 0 radical (unpaired) electrons. The number of aromatic nitrogens is 5. The van der Waals surface area contributed by atoms with Gasteiger partial charge in [-0.05, 0) is 43.1 Å². The zero-order valence-corrected chi connectivity index (χ0v) is 38.1. The number of rotatable bonds is 26. The molecule has 0 aliphatic carbocycles. The molecule has 0 bridgehead atoms. The largest absolute Gasteiger partial charge is 0.481 e. The number of aliphatic hydroxyl groups excluding tert-OH is 3. The number of aryl methyl sites for hydroxylation is 1. The number of carbonyl (C=O) groups is 2. The number of nitrogens with one attached hydrogen (secondary N) is 3. The first-order valence-electron chi connectivity index (χ1n) is 19.8. The summed E-state index contributed by atoms with van der Waals surface area (Å²) in [6, 6.07) is 8.08. The number of imidazole rings is 1. The molecule has 25 nitrogen and oxygen atoms in total. The van der Waals surface area contributed by atoms with Crippen LogP contribution in [0.4, 0.5) is 5.82 Å². The van der Waals surface area contributed by atoms with Crippen LogP contribution in [-0.4, -0.2) is 140 Å². The predicted octanol–water partition coefficient (Wildman–Crippen LogP) is 1.39. The standard InChI is InChI=1S/C35H53N8O17P3S/c1-35(2,30(47)33(48)38-12-10-26(45)37-13-15-64-14-11-22(44)7-5-6-21-16-39-24-9-4-3-8-23(21)24)18-57-63(54,55)60-62(52,53)56-17-25-29(59-61(49,50)51)28(46)34(58-25)43-20-42-27-31(36)40-19-41-32(27)43/h3-4,8-9,16,19-20,22,25,28-30,34,39,44,46-47H,5-7,10-15,17-18H2,1-2H3,(H,37,45)(H,38,48)(H,52,53)(H,54,55)(H2,36,40,41)(H2,49,50,51)/t22?,25-,28-,29-,30?,34-/m1/s1. The van der Waals surface area contributed by atoms with Crippen LogP contribution in [0.2, 0.25) is 0 Å². The van der Waals surface area contributed by atoms with Crippen LogP contribution in [0.5, 0.6) is 0 Å². The molecule has 1 aliphatic rings. The van der Waals surface area contributed by atoms with Crippen molar-refractivity contribution in [1.29, 1.82) is 0 Å². The van der Waals surface area contributed by atoms with Gasteiger partial charge in [0.1, 0.15) is 36.3 Å². The summed E-state index contributed by atoms with van der Waals surface area (Å²) in [5.74, 6) is -0.0370. The van der Waals surface area contributed by atoms with Gasteiger partial charge >= 0.3 is 23.5 Å². The summed E-state index contributed by atoms with van der Waals surface area (Å²) in [5, 5.41) is 38.2. The van der Waals surface area contributed by atoms with Gasteiger partial charge in [0.05, 0.1) is 25.6 Å². The fourth-order valence-corrected chi connectivity index (χ4v) is 10.3. The highest BCUT2D eigenvalue weighted by molar-refractivity contribution is 7.99. The molecule has 5 rings (SSSR count). The number of amides is 2. The van der Waals surface area contributed by atoms with E-state index < -0.39 is 84.8 Å². The van der Waals surface area contributed by atoms with Crippen molar-refractivity contribution in [2.45, 2.75) is 82.7 Å². The third-order valence-corrected chi connectivity index (χ3v) is 14.0. The van der Waals surface area contributed by atoms with Crippen molar-refractivity contribution < 1.29 is 80.8 Å². The van der Waals surface area contributed by atoms with Gasteiger partial charge in [-0.25, -0.2) is 28.6 Å². The number of fused-ring (bicyclic) bond motifs is 2. The third-order valence-electron chi connectivity index (χ3n) is 9.90. The number of phosphoric acid groups is 3. The average Bonchev–Trinajstić information content (AvgIpc) is 3.92. The lowest BCUT2D eigenvalue weighted by Gasteiger charge is -2.30. The maximum absolute atomic E-state index is 12.7. The highest BCUT2D eigenvalue weighted by Crippen LogP contribution is 2.61. The number of ether oxygens (including phenoxy) is 1. The number of nitrogens with zero attached hydrogens (tertiary/aromatic N) is 4. The van der Waals surface area contributed by atoms with Crippen molar-refractivity contribution >= 4 is 74.9 Å². The van der Waals surface area contributed by atoms with E-state index in [0.717, 1.165) is 35.6 Å². The van der Waals surface area contributed by atoms with E-state index in [0.29, 0.717) is 30.9 Å². The van der Waals surface area contributed by atoms with Crippen LogP contribution in [0.1, 0.15) is 51.3 Å². The Bertz CT molecular complexity index is 2350. The van der Waals surface area contributed by atoms with E-state index in [4.69, 9.17) is 19.5 Å². The minimum Gasteiger partial charge on any atom is -0.393 e. The molecule has 29 heteroatoms. The van der Waals surface area contributed by atoms with Crippen molar-refractivity contribution in [3.05, 3.63) is 48.7 Å². The van der Waals surface area contributed by atoms with Crippen LogP contribution < -0.4 is 16.4 Å². The molecule has 2 amide bonds. The number of anilines is 1. The molecule has 1 aromatic carbocycles. The summed E-state index contributed by atoms with van der Waals surface area (Å²) in [4.78, 5) is 79.4. The van der Waals surface area contributed by atoms with Gasteiger partial charge in [0, 0.05) is 47.8 Å². The number of carbonyl (C=O) groups excluding carboxylic acids is 2. The minimum atomic E-state index is -5.57. The second-order valence-corrected chi connectivity index (χ2v) is 20.8. The highest BCUT2D eigenvalue weighted by Gasteiger charge is 2.50. The van der Waals surface area contributed by atoms with E-state index in [1.54, 1.807) is 11.8 Å². The van der Waals surface area contributed by atoms with Crippen LogP contribution in [0.15, 0.2) is 43.1 Å². The Morgan fingerprint density at radius 1 is 1.02 bits per heavy atom. The number of aromatic amines is 1. The van der Waals surface area contributed by atoms with E-state index in [1.165, 1.54) is 24.8 Å². The van der Waals surface area contributed by atoms with Gasteiger partial charge in [-0.1, -0.05) is 32.0 Å². The number of phosphoric ester groups is 3. The first-order valence-corrected chi connectivity index (χ1v) is 25.4. The first kappa shape index (κ1) is 51.6. The van der Waals surface area contributed by atoms with Gasteiger partial charge in [-0.3, -0.25) is 27.7 Å². The predicted molar refractivity (Wildman–Crippen MR) is 229 cm³/mol. The van der Waals surface area contributed by atoms with Crippen LogP contribution in [-0.2, 0) is 52.3 Å². The van der Waals surface area contributed by atoms with Gasteiger partial charge in [0.15, 0.2) is 17.7 Å². The molecule has 4 heterocycles. The fourth-order valence-electron chi connectivity index (χ4n) is 6.53. The minimum absolute atomic E-state index is 0.0334. The quantitative estimate of drug-likeness (QED) is 0.0313. The molecule has 1 saturated heterocycles. The zero-order valence-electron chi connectivity index (χ0n) is 34.6. The number of thioether (sulfide) groups is 1. The van der Waals surface area contributed by atoms with E-state index in [2.05, 4.69) is 45.5 Å². The number of nitrogens with two attached hydrogens (primary N) is 1.